The van der Waals surface area contributed by atoms with E-state index in [1.54, 1.807) is 22.3 Å². The Morgan fingerprint density at radius 1 is 1.12 bits per heavy atom. The highest BCUT2D eigenvalue weighted by atomic mass is 32.1. The third-order valence-electron chi connectivity index (χ3n) is 4.34. The van der Waals surface area contributed by atoms with E-state index in [-0.39, 0.29) is 5.91 Å². The first kappa shape index (κ1) is 16.5. The van der Waals surface area contributed by atoms with Gasteiger partial charge in [0.05, 0.1) is 11.4 Å². The summed E-state index contributed by atoms with van der Waals surface area (Å²) >= 11 is 1.54. The molecule has 0 saturated carbocycles. The molecule has 6 heteroatoms. The number of nitrogens with zero attached hydrogens (tertiary/aromatic N) is 3. The maximum atomic E-state index is 12.6. The van der Waals surface area contributed by atoms with Crippen LogP contribution >= 0.6 is 11.3 Å². The third kappa shape index (κ3) is 3.36. The first-order valence-electron chi connectivity index (χ1n) is 8.37. The van der Waals surface area contributed by atoms with Crippen molar-refractivity contribution in [3.63, 3.8) is 0 Å². The lowest BCUT2D eigenvalue weighted by Gasteiger charge is -2.06. The van der Waals surface area contributed by atoms with Crippen molar-refractivity contribution in [2.45, 2.75) is 20.0 Å². The van der Waals surface area contributed by atoms with Crippen molar-refractivity contribution >= 4 is 27.3 Å². The number of thiophene rings is 1. The number of rotatable bonds is 5. The number of carbonyl (C=O) groups is 1. The molecule has 2 aromatic heterocycles. The minimum atomic E-state index is -0.0182. The van der Waals surface area contributed by atoms with Crippen molar-refractivity contribution in [2.75, 3.05) is 0 Å². The molecule has 5 nitrogen and oxygen atoms in total. The zero-order valence-electron chi connectivity index (χ0n) is 14.3. The van der Waals surface area contributed by atoms with Crippen LogP contribution in [0, 0.1) is 6.92 Å². The summed E-state index contributed by atoms with van der Waals surface area (Å²) in [5.74, 6) is -0.0182. The van der Waals surface area contributed by atoms with Crippen molar-refractivity contribution in [3.05, 3.63) is 82.8 Å². The van der Waals surface area contributed by atoms with Gasteiger partial charge in [0, 0.05) is 11.2 Å². The van der Waals surface area contributed by atoms with Crippen LogP contribution in [0.1, 0.15) is 26.4 Å². The van der Waals surface area contributed by atoms with Gasteiger partial charge in [-0.2, -0.15) is 5.10 Å². The molecule has 0 aliphatic rings. The highest BCUT2D eigenvalue weighted by Crippen LogP contribution is 2.30. The van der Waals surface area contributed by atoms with E-state index in [9.17, 15) is 4.79 Å². The zero-order valence-corrected chi connectivity index (χ0v) is 15.2. The molecule has 130 valence electrons. The summed E-state index contributed by atoms with van der Waals surface area (Å²) in [5, 5.41) is 8.28. The van der Waals surface area contributed by atoms with E-state index in [4.69, 9.17) is 0 Å². The van der Waals surface area contributed by atoms with Crippen LogP contribution in [0.25, 0.3) is 10.1 Å². The second kappa shape index (κ2) is 7.09. The fourth-order valence-corrected chi connectivity index (χ4v) is 4.04. The summed E-state index contributed by atoms with van der Waals surface area (Å²) in [6, 6.07) is 16.3. The predicted octanol–water partition coefficient (Wildman–Crippen LogP) is 3.78. The number of fused-ring (bicyclic) bond motifs is 1. The number of hydrogen-bond acceptors (Lipinski definition) is 4. The van der Waals surface area contributed by atoms with Crippen LogP contribution in [-0.2, 0) is 13.1 Å². The van der Waals surface area contributed by atoms with E-state index < -0.39 is 0 Å². The van der Waals surface area contributed by atoms with E-state index in [1.807, 2.05) is 43.3 Å². The Bertz CT molecular complexity index is 1040. The summed E-state index contributed by atoms with van der Waals surface area (Å²) in [6.07, 6.45) is 3.22. The molecule has 0 bridgehead atoms. The molecule has 2 heterocycles. The number of aryl methyl sites for hydroxylation is 1. The van der Waals surface area contributed by atoms with Crippen molar-refractivity contribution < 1.29 is 4.79 Å². The second-order valence-corrected chi connectivity index (χ2v) is 7.20. The Hall–Kier alpha value is -2.99. The molecule has 0 fully saturated rings. The van der Waals surface area contributed by atoms with Gasteiger partial charge < -0.3 is 5.32 Å². The van der Waals surface area contributed by atoms with Crippen LogP contribution in [0.3, 0.4) is 0 Å². The molecule has 0 atom stereocenters. The Morgan fingerprint density at radius 3 is 2.62 bits per heavy atom. The highest BCUT2D eigenvalue weighted by Gasteiger charge is 2.14. The molecule has 1 N–H and O–H groups in total. The van der Waals surface area contributed by atoms with Crippen molar-refractivity contribution in [1.29, 1.82) is 0 Å². The van der Waals surface area contributed by atoms with Gasteiger partial charge >= 0.3 is 0 Å². The summed E-state index contributed by atoms with van der Waals surface area (Å²) < 4.78 is 2.92. The van der Waals surface area contributed by atoms with Gasteiger partial charge in [0.15, 0.2) is 0 Å². The van der Waals surface area contributed by atoms with Gasteiger partial charge in [-0.05, 0) is 35.1 Å². The van der Waals surface area contributed by atoms with Crippen LogP contribution < -0.4 is 5.32 Å². The van der Waals surface area contributed by atoms with Crippen molar-refractivity contribution in [1.82, 2.24) is 20.1 Å². The molecule has 0 saturated heterocycles. The van der Waals surface area contributed by atoms with Gasteiger partial charge in [-0.3, -0.25) is 4.79 Å². The SMILES string of the molecule is Cc1c(C(=O)NCc2ccc(Cn3cncn3)cc2)sc2ccccc12. The summed E-state index contributed by atoms with van der Waals surface area (Å²) in [6.45, 7) is 3.20. The largest absolute Gasteiger partial charge is 0.347 e. The van der Waals surface area contributed by atoms with Crippen molar-refractivity contribution in [3.8, 4) is 0 Å². The maximum absolute atomic E-state index is 12.6. The molecule has 0 aliphatic heterocycles. The fraction of sp³-hybridized carbons (Fsp3) is 0.150. The summed E-state index contributed by atoms with van der Waals surface area (Å²) in [7, 11) is 0. The fourth-order valence-electron chi connectivity index (χ4n) is 2.92. The van der Waals surface area contributed by atoms with Gasteiger partial charge in [-0.25, -0.2) is 9.67 Å². The molecule has 4 rings (SSSR count). The van der Waals surface area contributed by atoms with Gasteiger partial charge in [-0.15, -0.1) is 11.3 Å². The monoisotopic (exact) mass is 362 g/mol. The smallest absolute Gasteiger partial charge is 0.261 e. The zero-order chi connectivity index (χ0) is 17.9. The number of carbonyl (C=O) groups excluding carboxylic acids is 1. The Labute approximate surface area is 155 Å². The summed E-state index contributed by atoms with van der Waals surface area (Å²) in [4.78, 5) is 17.3. The van der Waals surface area contributed by atoms with Crippen molar-refractivity contribution in [2.24, 2.45) is 0 Å². The predicted molar refractivity (Wildman–Crippen MR) is 103 cm³/mol. The van der Waals surface area contributed by atoms with Crippen LogP contribution in [0.5, 0.6) is 0 Å². The molecule has 2 aromatic carbocycles. The standard InChI is InChI=1S/C20H18N4OS/c1-14-17-4-2-3-5-18(17)26-19(14)20(25)22-10-15-6-8-16(9-7-15)11-24-13-21-12-23-24/h2-9,12-13H,10-11H2,1H3,(H,22,25). The average Bonchev–Trinajstić information content (AvgIpc) is 3.29. The van der Waals surface area contributed by atoms with Crippen LogP contribution in [0.2, 0.25) is 0 Å². The van der Waals surface area contributed by atoms with E-state index in [2.05, 4.69) is 27.5 Å². The third-order valence-corrected chi connectivity index (χ3v) is 5.61. The molecule has 0 unspecified atom stereocenters. The van der Waals surface area contributed by atoms with E-state index in [1.165, 1.54) is 6.33 Å². The minimum Gasteiger partial charge on any atom is -0.347 e. The molecule has 0 aliphatic carbocycles. The summed E-state index contributed by atoms with van der Waals surface area (Å²) in [5.41, 5.74) is 3.26. The molecular formula is C20H18N4OS. The van der Waals surface area contributed by atoms with E-state index in [0.29, 0.717) is 13.1 Å². The Morgan fingerprint density at radius 2 is 1.88 bits per heavy atom. The lowest BCUT2D eigenvalue weighted by molar-refractivity contribution is 0.0954. The van der Waals surface area contributed by atoms with E-state index >= 15 is 0 Å². The van der Waals surface area contributed by atoms with Gasteiger partial charge in [0.25, 0.3) is 5.91 Å². The number of nitrogens with one attached hydrogen (secondary N) is 1. The van der Waals surface area contributed by atoms with Gasteiger partial charge in [0.2, 0.25) is 0 Å². The quantitative estimate of drug-likeness (QED) is 0.588. The second-order valence-electron chi connectivity index (χ2n) is 6.14. The molecule has 4 aromatic rings. The first-order valence-corrected chi connectivity index (χ1v) is 9.19. The van der Waals surface area contributed by atoms with Crippen LogP contribution in [0.15, 0.2) is 61.2 Å². The maximum Gasteiger partial charge on any atom is 0.261 e. The Balaban J connectivity index is 1.41. The lowest BCUT2D eigenvalue weighted by Crippen LogP contribution is -2.22. The lowest BCUT2D eigenvalue weighted by atomic mass is 10.1. The first-order chi connectivity index (χ1) is 12.7. The normalized spacial score (nSPS) is 11.0. The number of hydrogen-bond donors (Lipinski definition) is 1. The highest BCUT2D eigenvalue weighted by molar-refractivity contribution is 7.21. The van der Waals surface area contributed by atoms with Gasteiger partial charge in [-0.1, -0.05) is 42.5 Å². The molecular weight excluding hydrogens is 344 g/mol. The van der Waals surface area contributed by atoms with Crippen LogP contribution in [-0.4, -0.2) is 20.7 Å². The van der Waals surface area contributed by atoms with E-state index in [0.717, 1.165) is 31.7 Å². The molecule has 0 radical (unpaired) electrons. The number of benzene rings is 2. The van der Waals surface area contributed by atoms with Gasteiger partial charge in [0.1, 0.15) is 12.7 Å². The average molecular weight is 362 g/mol. The molecule has 26 heavy (non-hydrogen) atoms. The number of aromatic nitrogens is 3. The topological polar surface area (TPSA) is 59.8 Å². The molecule has 1 amide bonds. The molecule has 0 spiro atoms. The Kier molecular flexibility index (Phi) is 4.50. The number of amides is 1. The van der Waals surface area contributed by atoms with Crippen LogP contribution in [0.4, 0.5) is 0 Å². The minimum absolute atomic E-state index is 0.0182.